The normalized spacial score (nSPS) is 11.7. The van der Waals surface area contributed by atoms with Crippen LogP contribution < -0.4 is 5.73 Å². The Morgan fingerprint density at radius 1 is 1.33 bits per heavy atom. The molecule has 0 radical (unpaired) electrons. The van der Waals surface area contributed by atoms with Gasteiger partial charge in [0.15, 0.2) is 0 Å². The van der Waals surface area contributed by atoms with Gasteiger partial charge in [0.25, 0.3) is 5.91 Å². The van der Waals surface area contributed by atoms with E-state index in [9.17, 15) is 14.4 Å². The molecule has 0 saturated carbocycles. The first kappa shape index (κ1) is 17.0. The maximum atomic E-state index is 12.4. The maximum Gasteiger partial charge on any atom is 0.308 e. The Labute approximate surface area is 127 Å². The van der Waals surface area contributed by atoms with Crippen LogP contribution in [0.3, 0.4) is 0 Å². The highest BCUT2D eigenvalue weighted by Gasteiger charge is 2.20. The summed E-state index contributed by atoms with van der Waals surface area (Å²) in [7, 11) is 1.55. The van der Waals surface area contributed by atoms with Crippen LogP contribution >= 0.6 is 11.8 Å². The van der Waals surface area contributed by atoms with E-state index in [1.54, 1.807) is 38.2 Å². The van der Waals surface area contributed by atoms with Gasteiger partial charge in [-0.1, -0.05) is 19.1 Å². The van der Waals surface area contributed by atoms with Gasteiger partial charge in [0.2, 0.25) is 5.91 Å². The Kier molecular flexibility index (Phi) is 6.23. The first-order valence-corrected chi connectivity index (χ1v) is 7.30. The van der Waals surface area contributed by atoms with Crippen molar-refractivity contribution in [3.63, 3.8) is 0 Å². The number of hydrogen-bond donors (Lipinski definition) is 2. The molecule has 2 amide bonds. The number of carboxylic acids is 1. The summed E-state index contributed by atoms with van der Waals surface area (Å²) in [4.78, 5) is 36.1. The van der Waals surface area contributed by atoms with E-state index in [2.05, 4.69) is 0 Å². The van der Waals surface area contributed by atoms with Crippen LogP contribution in [0, 0.1) is 5.92 Å². The largest absolute Gasteiger partial charge is 0.481 e. The molecule has 7 heteroatoms. The SMILES string of the molecule is CC(CN(C)C(=O)c1ccccc1SCC(N)=O)C(=O)O. The van der Waals surface area contributed by atoms with Crippen LogP contribution in [-0.2, 0) is 9.59 Å². The zero-order chi connectivity index (χ0) is 16.0. The van der Waals surface area contributed by atoms with E-state index < -0.39 is 17.8 Å². The van der Waals surface area contributed by atoms with E-state index >= 15 is 0 Å². The molecule has 1 aromatic rings. The van der Waals surface area contributed by atoms with Gasteiger partial charge in [-0.15, -0.1) is 11.8 Å². The molecule has 1 aromatic carbocycles. The number of carbonyl (C=O) groups excluding carboxylic acids is 2. The molecule has 0 bridgehead atoms. The lowest BCUT2D eigenvalue weighted by atomic mass is 10.1. The first-order valence-electron chi connectivity index (χ1n) is 6.31. The monoisotopic (exact) mass is 310 g/mol. The Balaban J connectivity index is 2.86. The lowest BCUT2D eigenvalue weighted by molar-refractivity contribution is -0.141. The van der Waals surface area contributed by atoms with Gasteiger partial charge in [0, 0.05) is 18.5 Å². The Hall–Kier alpha value is -2.02. The molecule has 114 valence electrons. The quantitative estimate of drug-likeness (QED) is 0.733. The zero-order valence-electron chi connectivity index (χ0n) is 11.9. The summed E-state index contributed by atoms with van der Waals surface area (Å²) in [5, 5.41) is 8.89. The van der Waals surface area contributed by atoms with Crippen LogP contribution in [0.4, 0.5) is 0 Å². The lowest BCUT2D eigenvalue weighted by Gasteiger charge is -2.20. The molecule has 0 aliphatic carbocycles. The van der Waals surface area contributed by atoms with E-state index in [4.69, 9.17) is 10.8 Å². The van der Waals surface area contributed by atoms with Crippen molar-refractivity contribution < 1.29 is 19.5 Å². The maximum absolute atomic E-state index is 12.4. The van der Waals surface area contributed by atoms with Crippen LogP contribution in [0.2, 0.25) is 0 Å². The molecule has 21 heavy (non-hydrogen) atoms. The zero-order valence-corrected chi connectivity index (χ0v) is 12.7. The van der Waals surface area contributed by atoms with Crippen LogP contribution in [0.1, 0.15) is 17.3 Å². The molecule has 0 fully saturated rings. The number of amides is 2. The van der Waals surface area contributed by atoms with Crippen molar-refractivity contribution >= 4 is 29.5 Å². The fraction of sp³-hybridized carbons (Fsp3) is 0.357. The van der Waals surface area contributed by atoms with Crippen molar-refractivity contribution in [2.45, 2.75) is 11.8 Å². The second-order valence-corrected chi connectivity index (χ2v) is 5.69. The highest BCUT2D eigenvalue weighted by molar-refractivity contribution is 8.00. The van der Waals surface area contributed by atoms with E-state index in [1.807, 2.05) is 0 Å². The number of hydrogen-bond acceptors (Lipinski definition) is 4. The molecule has 6 nitrogen and oxygen atoms in total. The first-order chi connectivity index (χ1) is 9.82. The van der Waals surface area contributed by atoms with Gasteiger partial charge in [0.1, 0.15) is 0 Å². The number of thioether (sulfide) groups is 1. The van der Waals surface area contributed by atoms with Crippen LogP contribution in [0.25, 0.3) is 0 Å². The van der Waals surface area contributed by atoms with Crippen molar-refractivity contribution in [2.75, 3.05) is 19.3 Å². The molecule has 0 heterocycles. The van der Waals surface area contributed by atoms with Gasteiger partial charge < -0.3 is 15.7 Å². The molecule has 0 aliphatic heterocycles. The summed E-state index contributed by atoms with van der Waals surface area (Å²) in [5.41, 5.74) is 5.54. The van der Waals surface area contributed by atoms with Gasteiger partial charge in [-0.3, -0.25) is 14.4 Å². The fourth-order valence-corrected chi connectivity index (χ4v) is 2.48. The van der Waals surface area contributed by atoms with Crippen LogP contribution in [0.5, 0.6) is 0 Å². The van der Waals surface area contributed by atoms with Crippen molar-refractivity contribution in [3.8, 4) is 0 Å². The van der Waals surface area contributed by atoms with Crippen LogP contribution in [-0.4, -0.2) is 47.1 Å². The molecular formula is C14H18N2O4S. The third-order valence-electron chi connectivity index (χ3n) is 2.80. The summed E-state index contributed by atoms with van der Waals surface area (Å²) in [6.07, 6.45) is 0. The molecular weight excluding hydrogens is 292 g/mol. The van der Waals surface area contributed by atoms with Crippen molar-refractivity contribution in [1.82, 2.24) is 4.90 Å². The number of aliphatic carboxylic acids is 1. The standard InChI is InChI=1S/C14H18N2O4S/c1-9(14(19)20)7-16(2)13(18)10-5-3-4-6-11(10)21-8-12(15)17/h3-6,9H,7-8H2,1-2H3,(H2,15,17)(H,19,20). The summed E-state index contributed by atoms with van der Waals surface area (Å²) < 4.78 is 0. The summed E-state index contributed by atoms with van der Waals surface area (Å²) in [5.74, 6) is -2.26. The van der Waals surface area contributed by atoms with Crippen molar-refractivity contribution in [3.05, 3.63) is 29.8 Å². The summed E-state index contributed by atoms with van der Waals surface area (Å²) >= 11 is 1.19. The molecule has 0 spiro atoms. The summed E-state index contributed by atoms with van der Waals surface area (Å²) in [6, 6.07) is 6.86. The molecule has 1 unspecified atom stereocenters. The van der Waals surface area contributed by atoms with Gasteiger partial charge in [-0.2, -0.15) is 0 Å². The Morgan fingerprint density at radius 3 is 2.52 bits per heavy atom. The van der Waals surface area contributed by atoms with Gasteiger partial charge in [-0.05, 0) is 12.1 Å². The van der Waals surface area contributed by atoms with Crippen molar-refractivity contribution in [2.24, 2.45) is 11.7 Å². The number of nitrogens with two attached hydrogens (primary N) is 1. The minimum atomic E-state index is -0.953. The topological polar surface area (TPSA) is 101 Å². The van der Waals surface area contributed by atoms with E-state index in [-0.39, 0.29) is 18.2 Å². The van der Waals surface area contributed by atoms with Crippen LogP contribution in [0.15, 0.2) is 29.2 Å². The minimum Gasteiger partial charge on any atom is -0.481 e. The second-order valence-electron chi connectivity index (χ2n) is 4.68. The number of benzene rings is 1. The van der Waals surface area contributed by atoms with Crippen molar-refractivity contribution in [1.29, 1.82) is 0 Å². The highest BCUT2D eigenvalue weighted by Crippen LogP contribution is 2.23. The molecule has 0 saturated heterocycles. The number of carboxylic acid groups (broad SMARTS) is 1. The number of nitrogens with zero attached hydrogens (tertiary/aromatic N) is 1. The molecule has 1 rings (SSSR count). The minimum absolute atomic E-state index is 0.0829. The molecule has 1 atom stereocenters. The Bertz CT molecular complexity index is 548. The predicted molar refractivity (Wildman–Crippen MR) is 80.1 cm³/mol. The number of primary amides is 1. The smallest absolute Gasteiger partial charge is 0.308 e. The predicted octanol–water partition coefficient (Wildman–Crippen LogP) is 1.06. The summed E-state index contributed by atoms with van der Waals surface area (Å²) in [6.45, 7) is 1.66. The lowest BCUT2D eigenvalue weighted by Crippen LogP contribution is -2.34. The van der Waals surface area contributed by atoms with Gasteiger partial charge >= 0.3 is 5.97 Å². The van der Waals surface area contributed by atoms with Gasteiger partial charge in [0.05, 0.1) is 17.2 Å². The van der Waals surface area contributed by atoms with E-state index in [1.165, 1.54) is 16.7 Å². The third kappa shape index (κ3) is 5.11. The van der Waals surface area contributed by atoms with E-state index in [0.717, 1.165) is 0 Å². The van der Waals surface area contributed by atoms with Gasteiger partial charge in [-0.25, -0.2) is 0 Å². The number of rotatable bonds is 7. The molecule has 0 aromatic heterocycles. The second kappa shape index (κ2) is 7.68. The van der Waals surface area contributed by atoms with E-state index in [0.29, 0.717) is 10.5 Å². The fourth-order valence-electron chi connectivity index (χ4n) is 1.70. The average molecular weight is 310 g/mol. The molecule has 3 N–H and O–H groups in total. The highest BCUT2D eigenvalue weighted by atomic mass is 32.2. The number of carbonyl (C=O) groups is 3. The third-order valence-corrected chi connectivity index (χ3v) is 3.90. The Morgan fingerprint density at radius 2 is 1.95 bits per heavy atom. The average Bonchev–Trinajstić information content (AvgIpc) is 2.44. The molecule has 0 aliphatic rings.